The topological polar surface area (TPSA) is 100 Å². The van der Waals surface area contributed by atoms with Crippen LogP contribution in [0.2, 0.25) is 0 Å². The van der Waals surface area contributed by atoms with Gasteiger partial charge in [-0.05, 0) is 49.6 Å². The molecule has 1 unspecified atom stereocenters. The Labute approximate surface area is 185 Å². The number of pyridine rings is 1. The maximum atomic E-state index is 11.8. The lowest BCUT2D eigenvalue weighted by Gasteiger charge is -2.32. The van der Waals surface area contributed by atoms with E-state index in [9.17, 15) is 9.59 Å². The predicted octanol–water partition coefficient (Wildman–Crippen LogP) is 1.65. The monoisotopic (exact) mass is 438 g/mol. The second kappa shape index (κ2) is 10.6. The van der Waals surface area contributed by atoms with Gasteiger partial charge in [-0.15, -0.1) is 11.8 Å². The van der Waals surface area contributed by atoms with Crippen molar-refractivity contribution in [1.29, 1.82) is 0 Å². The van der Waals surface area contributed by atoms with Gasteiger partial charge in [0.2, 0.25) is 11.7 Å². The van der Waals surface area contributed by atoms with Crippen molar-refractivity contribution >= 4 is 35.9 Å². The number of nitrogens with one attached hydrogen (secondary N) is 2. The first-order chi connectivity index (χ1) is 15.2. The Hall–Kier alpha value is -2.62. The fourth-order valence-electron chi connectivity index (χ4n) is 3.81. The summed E-state index contributed by atoms with van der Waals surface area (Å²) in [6.45, 7) is 3.60. The molecule has 0 saturated carbocycles. The molecule has 2 aromatic heterocycles. The fraction of sp³-hybridized carbons (Fsp3) is 0.409. The van der Waals surface area contributed by atoms with Crippen LogP contribution in [-0.4, -0.2) is 58.6 Å². The average Bonchev–Trinajstić information content (AvgIpc) is 3.28. The molecule has 2 saturated heterocycles. The number of anilines is 1. The molecule has 31 heavy (non-hydrogen) atoms. The molecule has 2 aromatic rings. The van der Waals surface area contributed by atoms with Crippen molar-refractivity contribution in [2.24, 2.45) is 5.92 Å². The Balaban J connectivity index is 1.30. The van der Waals surface area contributed by atoms with Crippen LogP contribution < -0.4 is 15.5 Å². The fourth-order valence-corrected chi connectivity index (χ4v) is 4.80. The number of carbonyl (C=O) groups is 2. The third-order valence-electron chi connectivity index (χ3n) is 5.53. The molecule has 2 N–H and O–H groups in total. The van der Waals surface area contributed by atoms with Crippen molar-refractivity contribution in [3.63, 3.8) is 0 Å². The molecule has 2 aliphatic heterocycles. The number of Topliss-reactive ketones (excluding diaryl/α,β-unsaturated/α-hetero) is 1. The molecule has 0 radical (unpaired) electrons. The van der Waals surface area contributed by atoms with Crippen LogP contribution in [-0.2, 0) is 16.1 Å². The van der Waals surface area contributed by atoms with Crippen molar-refractivity contribution in [3.8, 4) is 0 Å². The van der Waals surface area contributed by atoms with E-state index in [0.717, 1.165) is 55.3 Å². The van der Waals surface area contributed by atoms with Crippen LogP contribution in [0.25, 0.3) is 6.08 Å². The summed E-state index contributed by atoms with van der Waals surface area (Å²) < 4.78 is 0. The summed E-state index contributed by atoms with van der Waals surface area (Å²) in [6.07, 6.45) is 7.98. The van der Waals surface area contributed by atoms with Crippen LogP contribution in [0, 0.1) is 5.92 Å². The zero-order valence-electron chi connectivity index (χ0n) is 17.2. The van der Waals surface area contributed by atoms with E-state index in [1.807, 2.05) is 36.5 Å². The Bertz CT molecular complexity index is 931. The molecule has 0 spiro atoms. The van der Waals surface area contributed by atoms with Crippen LogP contribution in [0.4, 0.5) is 5.95 Å². The Kier molecular flexibility index (Phi) is 7.39. The van der Waals surface area contributed by atoms with E-state index < -0.39 is 11.8 Å². The molecular formula is C22H26N6O2S. The van der Waals surface area contributed by atoms with Gasteiger partial charge in [0.1, 0.15) is 6.04 Å². The minimum atomic E-state index is -0.560. The van der Waals surface area contributed by atoms with E-state index in [1.165, 1.54) is 11.8 Å². The molecule has 0 aromatic carbocycles. The number of aromatic nitrogens is 3. The predicted molar refractivity (Wildman–Crippen MR) is 121 cm³/mol. The van der Waals surface area contributed by atoms with Crippen LogP contribution >= 0.6 is 11.8 Å². The van der Waals surface area contributed by atoms with Crippen LogP contribution in [0.5, 0.6) is 0 Å². The molecule has 8 nitrogen and oxygen atoms in total. The van der Waals surface area contributed by atoms with E-state index in [-0.39, 0.29) is 0 Å². The van der Waals surface area contributed by atoms with Gasteiger partial charge in [0.25, 0.3) is 0 Å². The minimum Gasteiger partial charge on any atom is -0.341 e. The lowest BCUT2D eigenvalue weighted by Crippen LogP contribution is -2.38. The number of hydrogen-bond acceptors (Lipinski definition) is 9. The molecular weight excluding hydrogens is 412 g/mol. The van der Waals surface area contributed by atoms with Gasteiger partial charge in [0.05, 0.1) is 11.4 Å². The first-order valence-electron chi connectivity index (χ1n) is 10.5. The first-order valence-corrected chi connectivity index (χ1v) is 11.5. The zero-order chi connectivity index (χ0) is 21.5. The average molecular weight is 439 g/mol. The highest BCUT2D eigenvalue weighted by Crippen LogP contribution is 2.28. The molecule has 4 heterocycles. The van der Waals surface area contributed by atoms with Gasteiger partial charge in [0, 0.05) is 42.8 Å². The lowest BCUT2D eigenvalue weighted by molar-refractivity contribution is -0.130. The van der Waals surface area contributed by atoms with Crippen LogP contribution in [0.3, 0.4) is 0 Å². The molecule has 1 atom stereocenters. The van der Waals surface area contributed by atoms with Crippen molar-refractivity contribution in [2.45, 2.75) is 25.4 Å². The largest absolute Gasteiger partial charge is 0.341 e. The third kappa shape index (κ3) is 5.75. The number of ketones is 1. The molecule has 162 valence electrons. The number of thioether (sulfide) groups is 1. The SMILES string of the molecule is O=CC(=O)C1NCS/C1=C\c1ccnc(N2CCC(CNCc3ccccn3)CC2)n1. The van der Waals surface area contributed by atoms with Gasteiger partial charge >= 0.3 is 0 Å². The van der Waals surface area contributed by atoms with Crippen molar-refractivity contribution in [2.75, 3.05) is 30.4 Å². The number of aldehydes is 1. The summed E-state index contributed by atoms with van der Waals surface area (Å²) in [5.74, 6) is 1.49. The number of piperidine rings is 1. The van der Waals surface area contributed by atoms with E-state index in [0.29, 0.717) is 24.0 Å². The highest BCUT2D eigenvalue weighted by molar-refractivity contribution is 8.03. The molecule has 0 aliphatic carbocycles. The van der Waals surface area contributed by atoms with E-state index >= 15 is 0 Å². The number of rotatable bonds is 8. The Morgan fingerprint density at radius 2 is 2.10 bits per heavy atom. The van der Waals surface area contributed by atoms with Gasteiger partial charge in [0.15, 0.2) is 6.29 Å². The molecule has 4 rings (SSSR count). The first kappa shape index (κ1) is 21.6. The summed E-state index contributed by atoms with van der Waals surface area (Å²) in [6, 6.07) is 7.24. The van der Waals surface area contributed by atoms with Crippen molar-refractivity contribution < 1.29 is 9.59 Å². The standard InChI is InChI=1S/C22H26N6O2S/c29-14-19(30)21-20(31-15-26-21)11-17-4-8-25-22(27-17)28-9-5-16(6-10-28)12-23-13-18-3-1-2-7-24-18/h1-4,7-8,11,14,16,21,23,26H,5-6,9-10,12-13,15H2/b20-11-. The molecule has 0 bridgehead atoms. The minimum absolute atomic E-state index is 0.373. The molecule has 0 amide bonds. The molecule has 9 heteroatoms. The second-order valence-electron chi connectivity index (χ2n) is 7.66. The summed E-state index contributed by atoms with van der Waals surface area (Å²) in [5, 5.41) is 6.55. The van der Waals surface area contributed by atoms with Crippen LogP contribution in [0.15, 0.2) is 41.6 Å². The van der Waals surface area contributed by atoms with E-state index in [1.54, 1.807) is 6.20 Å². The normalized spacial score (nSPS) is 20.8. The van der Waals surface area contributed by atoms with Crippen molar-refractivity contribution in [3.05, 3.63) is 53.0 Å². The summed E-state index contributed by atoms with van der Waals surface area (Å²) >= 11 is 1.52. The smallest absolute Gasteiger partial charge is 0.225 e. The second-order valence-corrected chi connectivity index (χ2v) is 8.71. The van der Waals surface area contributed by atoms with Gasteiger partial charge in [-0.3, -0.25) is 19.9 Å². The number of hydrogen-bond donors (Lipinski definition) is 2. The maximum Gasteiger partial charge on any atom is 0.225 e. The highest BCUT2D eigenvalue weighted by Gasteiger charge is 2.27. The quantitative estimate of drug-likeness (QED) is 0.471. The van der Waals surface area contributed by atoms with Gasteiger partial charge in [-0.2, -0.15) is 0 Å². The van der Waals surface area contributed by atoms with Gasteiger partial charge in [-0.1, -0.05) is 6.07 Å². The van der Waals surface area contributed by atoms with Gasteiger partial charge in [-0.25, -0.2) is 9.97 Å². The molecule has 2 fully saturated rings. The van der Waals surface area contributed by atoms with Crippen LogP contribution in [0.1, 0.15) is 24.2 Å². The number of nitrogens with zero attached hydrogens (tertiary/aromatic N) is 4. The lowest BCUT2D eigenvalue weighted by atomic mass is 9.97. The summed E-state index contributed by atoms with van der Waals surface area (Å²) in [7, 11) is 0. The third-order valence-corrected chi connectivity index (χ3v) is 6.53. The Morgan fingerprint density at radius 3 is 2.87 bits per heavy atom. The van der Waals surface area contributed by atoms with E-state index in [4.69, 9.17) is 0 Å². The summed E-state index contributed by atoms with van der Waals surface area (Å²) in [5.41, 5.74) is 1.81. The Morgan fingerprint density at radius 1 is 1.23 bits per heavy atom. The van der Waals surface area contributed by atoms with Gasteiger partial charge < -0.3 is 10.2 Å². The maximum absolute atomic E-state index is 11.8. The molecule has 2 aliphatic rings. The van der Waals surface area contributed by atoms with E-state index in [2.05, 4.69) is 30.5 Å². The summed E-state index contributed by atoms with van der Waals surface area (Å²) in [4.78, 5) is 39.1. The highest BCUT2D eigenvalue weighted by atomic mass is 32.2. The van der Waals surface area contributed by atoms with Crippen molar-refractivity contribution in [1.82, 2.24) is 25.6 Å². The zero-order valence-corrected chi connectivity index (χ0v) is 18.1. The number of carbonyl (C=O) groups excluding carboxylic acids is 2.